The van der Waals surface area contributed by atoms with Crippen LogP contribution in [0.2, 0.25) is 0 Å². The minimum atomic E-state index is -0.225. The summed E-state index contributed by atoms with van der Waals surface area (Å²) < 4.78 is 0. The van der Waals surface area contributed by atoms with Gasteiger partial charge in [-0.15, -0.1) is 0 Å². The summed E-state index contributed by atoms with van der Waals surface area (Å²) in [7, 11) is 0. The number of allylic oxidation sites excluding steroid dienone is 2. The van der Waals surface area contributed by atoms with E-state index in [2.05, 4.69) is 0 Å². The molecule has 1 aliphatic rings. The molecule has 0 aromatic heterocycles. The lowest BCUT2D eigenvalue weighted by Crippen LogP contribution is -2.33. The predicted octanol–water partition coefficient (Wildman–Crippen LogP) is 3.99. The van der Waals surface area contributed by atoms with Crippen LogP contribution in [-0.4, -0.2) is 11.8 Å². The highest BCUT2D eigenvalue weighted by Gasteiger charge is 2.23. The van der Waals surface area contributed by atoms with Crippen LogP contribution in [0.1, 0.15) is 38.1 Å². The zero-order chi connectivity index (χ0) is 14.7. The molecule has 2 rings (SSSR count). The molecule has 1 aromatic carbocycles. The molecule has 0 fully saturated rings. The second kappa shape index (κ2) is 10.3. The van der Waals surface area contributed by atoms with Gasteiger partial charge in [-0.2, -0.15) is 0 Å². The summed E-state index contributed by atoms with van der Waals surface area (Å²) in [6.45, 7) is 8.00. The lowest BCUT2D eigenvalue weighted by atomic mass is 9.88. The molecule has 2 N–H and O–H groups in total. The van der Waals surface area contributed by atoms with E-state index in [0.29, 0.717) is 0 Å². The summed E-state index contributed by atoms with van der Waals surface area (Å²) in [5.74, 6) is -0.138. The molecule has 0 amide bonds. The average molecular weight is 259 g/mol. The number of hydrogen-bond acceptors (Lipinski definition) is 2. The fourth-order valence-electron chi connectivity index (χ4n) is 1.68. The molecular weight excluding hydrogens is 234 g/mol. The first-order valence-electron chi connectivity index (χ1n) is 6.99. The Hall–Kier alpha value is -1.67. The van der Waals surface area contributed by atoms with Crippen LogP contribution in [0.15, 0.2) is 54.6 Å². The van der Waals surface area contributed by atoms with Crippen molar-refractivity contribution in [3.05, 3.63) is 60.2 Å². The second-order valence-electron chi connectivity index (χ2n) is 3.60. The first-order valence-corrected chi connectivity index (χ1v) is 6.99. The van der Waals surface area contributed by atoms with Crippen molar-refractivity contribution in [2.75, 3.05) is 0 Å². The van der Waals surface area contributed by atoms with Gasteiger partial charge in [-0.05, 0) is 0 Å². The normalized spacial score (nSPS) is 19.6. The van der Waals surface area contributed by atoms with Crippen molar-refractivity contribution >= 4 is 5.78 Å². The Balaban J connectivity index is 0.000000741. The number of ketones is 1. The van der Waals surface area contributed by atoms with E-state index in [1.165, 1.54) is 0 Å². The molecule has 0 saturated heterocycles. The zero-order valence-electron chi connectivity index (χ0n) is 12.3. The number of nitrogens with two attached hydrogens (primary N) is 1. The molecule has 0 spiro atoms. The van der Waals surface area contributed by atoms with Gasteiger partial charge in [0.1, 0.15) is 0 Å². The van der Waals surface area contributed by atoms with Gasteiger partial charge in [-0.3, -0.25) is 4.79 Å². The Labute approximate surface area is 117 Å². The highest BCUT2D eigenvalue weighted by atomic mass is 16.1. The van der Waals surface area contributed by atoms with Crippen molar-refractivity contribution in [3.8, 4) is 0 Å². The van der Waals surface area contributed by atoms with E-state index in [1.54, 1.807) is 0 Å². The van der Waals surface area contributed by atoms with Gasteiger partial charge in [0.15, 0.2) is 5.78 Å². The molecular formula is C17H25NO. The van der Waals surface area contributed by atoms with Crippen LogP contribution in [-0.2, 0) is 0 Å². The fourth-order valence-corrected chi connectivity index (χ4v) is 1.68. The van der Waals surface area contributed by atoms with Gasteiger partial charge in [0, 0.05) is 11.6 Å². The third kappa shape index (κ3) is 5.23. The van der Waals surface area contributed by atoms with Gasteiger partial charge >= 0.3 is 0 Å². The summed E-state index contributed by atoms with van der Waals surface area (Å²) in [6, 6.07) is 9.06. The Bertz CT molecular complexity index is 407. The van der Waals surface area contributed by atoms with E-state index >= 15 is 0 Å². The highest BCUT2D eigenvalue weighted by Crippen LogP contribution is 2.16. The molecule has 2 nitrogen and oxygen atoms in total. The van der Waals surface area contributed by atoms with E-state index in [9.17, 15) is 4.79 Å². The lowest BCUT2D eigenvalue weighted by molar-refractivity contribution is 0.0938. The molecule has 0 saturated carbocycles. The third-order valence-corrected chi connectivity index (χ3v) is 2.54. The molecule has 0 radical (unpaired) electrons. The van der Waals surface area contributed by atoms with Crippen LogP contribution in [0.5, 0.6) is 0 Å². The number of benzene rings is 1. The highest BCUT2D eigenvalue weighted by molar-refractivity contribution is 5.99. The number of hydrogen-bond donors (Lipinski definition) is 1. The van der Waals surface area contributed by atoms with Gasteiger partial charge in [-0.1, -0.05) is 82.3 Å². The predicted molar refractivity (Wildman–Crippen MR) is 83.2 cm³/mol. The van der Waals surface area contributed by atoms with Crippen molar-refractivity contribution in [3.63, 3.8) is 0 Å². The van der Waals surface area contributed by atoms with Gasteiger partial charge in [0.25, 0.3) is 0 Å². The maximum absolute atomic E-state index is 12.0. The number of carbonyl (C=O) groups is 1. The Morgan fingerprint density at radius 3 is 2.00 bits per heavy atom. The van der Waals surface area contributed by atoms with Crippen LogP contribution in [0.3, 0.4) is 0 Å². The van der Waals surface area contributed by atoms with Crippen molar-refractivity contribution in [1.82, 2.24) is 0 Å². The Kier molecular flexibility index (Phi) is 9.37. The standard InChI is InChI=1S/C13H13NO.2C2H6/c14-12-9-5-4-8-11(12)13(15)10-6-2-1-3-7-10;2*1-2/h1-9,11-12H,14H2;2*1-2H3. The van der Waals surface area contributed by atoms with E-state index in [1.807, 2.05) is 82.3 Å². The molecule has 2 unspecified atom stereocenters. The van der Waals surface area contributed by atoms with Crippen molar-refractivity contribution in [2.45, 2.75) is 33.7 Å². The minimum Gasteiger partial charge on any atom is -0.324 e. The van der Waals surface area contributed by atoms with Crippen LogP contribution >= 0.6 is 0 Å². The quantitative estimate of drug-likeness (QED) is 0.816. The van der Waals surface area contributed by atoms with E-state index in [0.717, 1.165) is 5.56 Å². The summed E-state index contributed by atoms with van der Waals surface area (Å²) in [6.07, 6.45) is 7.46. The fraction of sp³-hybridized carbons (Fsp3) is 0.353. The summed E-state index contributed by atoms with van der Waals surface area (Å²) in [4.78, 5) is 12.0. The molecule has 1 aromatic rings. The van der Waals surface area contributed by atoms with Gasteiger partial charge in [-0.25, -0.2) is 0 Å². The lowest BCUT2D eigenvalue weighted by Gasteiger charge is -2.18. The number of rotatable bonds is 2. The average Bonchev–Trinajstić information content (AvgIpc) is 2.52. The molecule has 2 atom stereocenters. The largest absolute Gasteiger partial charge is 0.324 e. The van der Waals surface area contributed by atoms with Crippen molar-refractivity contribution in [1.29, 1.82) is 0 Å². The maximum Gasteiger partial charge on any atom is 0.171 e. The van der Waals surface area contributed by atoms with E-state index in [4.69, 9.17) is 5.73 Å². The summed E-state index contributed by atoms with van der Waals surface area (Å²) >= 11 is 0. The van der Waals surface area contributed by atoms with Gasteiger partial charge in [0.2, 0.25) is 0 Å². The topological polar surface area (TPSA) is 43.1 Å². The zero-order valence-corrected chi connectivity index (χ0v) is 12.3. The molecule has 0 bridgehead atoms. The molecule has 104 valence electrons. The molecule has 19 heavy (non-hydrogen) atoms. The summed E-state index contributed by atoms with van der Waals surface area (Å²) in [5, 5.41) is 0. The monoisotopic (exact) mass is 259 g/mol. The molecule has 2 heteroatoms. The third-order valence-electron chi connectivity index (χ3n) is 2.54. The van der Waals surface area contributed by atoms with E-state index in [-0.39, 0.29) is 17.7 Å². The first-order chi connectivity index (χ1) is 9.29. The number of carbonyl (C=O) groups excluding carboxylic acids is 1. The molecule has 1 aliphatic carbocycles. The minimum absolute atomic E-state index is 0.0868. The van der Waals surface area contributed by atoms with Crippen molar-refractivity contribution < 1.29 is 4.79 Å². The van der Waals surface area contributed by atoms with E-state index < -0.39 is 0 Å². The van der Waals surface area contributed by atoms with Crippen LogP contribution in [0.25, 0.3) is 0 Å². The summed E-state index contributed by atoms with van der Waals surface area (Å²) in [5.41, 5.74) is 6.58. The maximum atomic E-state index is 12.0. The Morgan fingerprint density at radius 1 is 0.947 bits per heavy atom. The molecule has 0 heterocycles. The van der Waals surface area contributed by atoms with Gasteiger partial charge < -0.3 is 5.73 Å². The van der Waals surface area contributed by atoms with Crippen LogP contribution in [0.4, 0.5) is 0 Å². The van der Waals surface area contributed by atoms with Crippen LogP contribution < -0.4 is 5.73 Å². The SMILES string of the molecule is CC.CC.NC1C=CC=CC1C(=O)c1ccccc1. The Morgan fingerprint density at radius 2 is 1.47 bits per heavy atom. The van der Waals surface area contributed by atoms with Crippen molar-refractivity contribution in [2.24, 2.45) is 11.7 Å². The first kappa shape index (κ1) is 17.3. The number of Topliss-reactive ketones (excluding diaryl/α,β-unsaturated/α-hetero) is 1. The van der Waals surface area contributed by atoms with Crippen LogP contribution in [0, 0.1) is 5.92 Å². The molecule has 0 aliphatic heterocycles. The van der Waals surface area contributed by atoms with Gasteiger partial charge in [0.05, 0.1) is 5.92 Å². The smallest absolute Gasteiger partial charge is 0.171 e. The second-order valence-corrected chi connectivity index (χ2v) is 3.60.